The Kier molecular flexibility index (Phi) is 6.86. The molecule has 104 valence electrons. The van der Waals surface area contributed by atoms with Gasteiger partial charge >= 0.3 is 5.97 Å². The van der Waals surface area contributed by atoms with Crippen LogP contribution in [0.2, 0.25) is 0 Å². The van der Waals surface area contributed by atoms with Crippen LogP contribution in [0.5, 0.6) is 0 Å². The van der Waals surface area contributed by atoms with E-state index in [1.54, 1.807) is 0 Å². The van der Waals surface area contributed by atoms with E-state index >= 15 is 0 Å². The van der Waals surface area contributed by atoms with Crippen LogP contribution in [0.4, 0.5) is 0 Å². The van der Waals surface area contributed by atoms with Gasteiger partial charge in [-0.05, 0) is 6.92 Å². The lowest BCUT2D eigenvalue weighted by Crippen LogP contribution is -2.54. The molecule has 0 aliphatic rings. The van der Waals surface area contributed by atoms with Crippen molar-refractivity contribution in [1.82, 2.24) is 10.6 Å². The van der Waals surface area contributed by atoms with Crippen LogP contribution in [-0.4, -0.2) is 64.4 Å². The van der Waals surface area contributed by atoms with E-state index in [0.29, 0.717) is 0 Å². The fourth-order valence-corrected chi connectivity index (χ4v) is 0.951. The Morgan fingerprint density at radius 3 is 2.06 bits per heavy atom. The predicted octanol–water partition coefficient (Wildman–Crippen LogP) is -3.63. The van der Waals surface area contributed by atoms with E-state index in [0.717, 1.165) is 0 Å². The zero-order valence-electron chi connectivity index (χ0n) is 9.79. The van der Waals surface area contributed by atoms with Crippen molar-refractivity contribution in [3.63, 3.8) is 0 Å². The first-order valence-corrected chi connectivity index (χ1v) is 5.14. The average molecular weight is 263 g/mol. The molecule has 18 heavy (non-hydrogen) atoms. The monoisotopic (exact) mass is 263 g/mol. The Bertz CT molecular complexity index is 321. The zero-order valence-corrected chi connectivity index (χ0v) is 9.79. The van der Waals surface area contributed by atoms with Gasteiger partial charge in [0.2, 0.25) is 11.8 Å². The normalized spacial score (nSPS) is 15.3. The first kappa shape index (κ1) is 16.3. The predicted molar refractivity (Wildman–Crippen MR) is 59.3 cm³/mol. The molecule has 0 radical (unpaired) electrons. The van der Waals surface area contributed by atoms with Crippen LogP contribution in [0.25, 0.3) is 0 Å². The lowest BCUT2D eigenvalue weighted by molar-refractivity contribution is -0.143. The van der Waals surface area contributed by atoms with Gasteiger partial charge in [-0.15, -0.1) is 0 Å². The summed E-state index contributed by atoms with van der Waals surface area (Å²) in [4.78, 5) is 33.2. The molecule has 9 heteroatoms. The number of aliphatic hydroxyl groups is 2. The molecule has 0 aliphatic carbocycles. The van der Waals surface area contributed by atoms with Crippen LogP contribution in [0.15, 0.2) is 0 Å². The summed E-state index contributed by atoms with van der Waals surface area (Å²) in [5.41, 5.74) is 5.21. The van der Waals surface area contributed by atoms with Crippen LogP contribution in [0.1, 0.15) is 6.92 Å². The van der Waals surface area contributed by atoms with Crippen LogP contribution in [0.3, 0.4) is 0 Å². The number of nitrogens with one attached hydrogen (secondary N) is 2. The second kappa shape index (κ2) is 7.58. The second-order valence-electron chi connectivity index (χ2n) is 3.60. The van der Waals surface area contributed by atoms with Gasteiger partial charge in [-0.3, -0.25) is 9.59 Å². The maximum atomic E-state index is 11.5. The molecule has 0 saturated carbocycles. The number of aliphatic hydroxyl groups excluding tert-OH is 2. The fraction of sp³-hybridized carbons (Fsp3) is 0.667. The second-order valence-corrected chi connectivity index (χ2v) is 3.60. The maximum Gasteiger partial charge on any atom is 0.328 e. The number of hydrogen-bond acceptors (Lipinski definition) is 6. The number of aliphatic carboxylic acids is 1. The first-order chi connectivity index (χ1) is 8.33. The molecule has 0 bridgehead atoms. The quantitative estimate of drug-likeness (QED) is 0.276. The summed E-state index contributed by atoms with van der Waals surface area (Å²) in [5, 5.41) is 30.1. The highest BCUT2D eigenvalue weighted by molar-refractivity contribution is 5.91. The largest absolute Gasteiger partial charge is 0.480 e. The third-order valence-corrected chi connectivity index (χ3v) is 2.08. The Morgan fingerprint density at radius 1 is 1.11 bits per heavy atom. The molecule has 0 aromatic heterocycles. The van der Waals surface area contributed by atoms with E-state index in [1.165, 1.54) is 6.92 Å². The number of carboxylic acid groups (broad SMARTS) is 1. The highest BCUT2D eigenvalue weighted by Gasteiger charge is 2.24. The van der Waals surface area contributed by atoms with Crippen molar-refractivity contribution in [3.05, 3.63) is 0 Å². The molecule has 0 spiro atoms. The summed E-state index contributed by atoms with van der Waals surface area (Å²) in [6, 6.07) is -3.64. The highest BCUT2D eigenvalue weighted by atomic mass is 16.4. The van der Waals surface area contributed by atoms with Gasteiger partial charge in [-0.1, -0.05) is 0 Å². The Morgan fingerprint density at radius 2 is 1.67 bits per heavy atom. The smallest absolute Gasteiger partial charge is 0.328 e. The van der Waals surface area contributed by atoms with Gasteiger partial charge in [-0.2, -0.15) is 0 Å². The molecule has 9 nitrogen and oxygen atoms in total. The van der Waals surface area contributed by atoms with E-state index in [1.807, 2.05) is 5.32 Å². The Balaban J connectivity index is 4.34. The van der Waals surface area contributed by atoms with E-state index < -0.39 is 49.1 Å². The zero-order chi connectivity index (χ0) is 14.3. The summed E-state index contributed by atoms with van der Waals surface area (Å²) in [5.74, 6) is -2.91. The van der Waals surface area contributed by atoms with E-state index in [9.17, 15) is 14.4 Å². The van der Waals surface area contributed by atoms with Crippen molar-refractivity contribution in [2.45, 2.75) is 25.0 Å². The van der Waals surface area contributed by atoms with Crippen LogP contribution in [0, 0.1) is 0 Å². The van der Waals surface area contributed by atoms with Crippen molar-refractivity contribution in [1.29, 1.82) is 0 Å². The molecule has 0 heterocycles. The molecular formula is C9H17N3O6. The highest BCUT2D eigenvalue weighted by Crippen LogP contribution is 1.89. The number of carbonyl (C=O) groups is 3. The van der Waals surface area contributed by atoms with Crippen molar-refractivity contribution >= 4 is 17.8 Å². The minimum Gasteiger partial charge on any atom is -0.480 e. The molecule has 7 N–H and O–H groups in total. The third kappa shape index (κ3) is 5.08. The minimum atomic E-state index is -1.44. The van der Waals surface area contributed by atoms with Gasteiger partial charge in [0.15, 0.2) is 0 Å². The summed E-state index contributed by atoms with van der Waals surface area (Å²) < 4.78 is 0. The Labute approximate surface area is 103 Å². The molecule has 0 saturated heterocycles. The molecule has 0 fully saturated rings. The molecule has 0 aromatic rings. The lowest BCUT2D eigenvalue weighted by atomic mass is 10.2. The summed E-state index contributed by atoms with van der Waals surface area (Å²) in [7, 11) is 0. The SMILES string of the molecule is CC(NC(=O)C(N)CO)C(=O)NC(CO)C(=O)O. The molecule has 2 amide bonds. The summed E-state index contributed by atoms with van der Waals surface area (Å²) in [6.07, 6.45) is 0. The molecule has 0 aliphatic heterocycles. The molecular weight excluding hydrogens is 246 g/mol. The van der Waals surface area contributed by atoms with E-state index in [-0.39, 0.29) is 0 Å². The lowest BCUT2D eigenvalue weighted by Gasteiger charge is -2.18. The van der Waals surface area contributed by atoms with Gasteiger partial charge in [0.1, 0.15) is 18.1 Å². The topological polar surface area (TPSA) is 162 Å². The number of amides is 2. The van der Waals surface area contributed by atoms with Crippen LogP contribution >= 0.6 is 0 Å². The van der Waals surface area contributed by atoms with Crippen LogP contribution in [-0.2, 0) is 14.4 Å². The van der Waals surface area contributed by atoms with Crippen molar-refractivity contribution in [3.8, 4) is 0 Å². The van der Waals surface area contributed by atoms with E-state index in [2.05, 4.69) is 5.32 Å². The number of nitrogens with two attached hydrogens (primary N) is 1. The number of hydrogen-bond donors (Lipinski definition) is 6. The number of carboxylic acids is 1. The fourth-order valence-electron chi connectivity index (χ4n) is 0.951. The molecule has 3 atom stereocenters. The molecule has 3 unspecified atom stereocenters. The van der Waals surface area contributed by atoms with Gasteiger partial charge in [-0.25, -0.2) is 4.79 Å². The van der Waals surface area contributed by atoms with Gasteiger partial charge < -0.3 is 31.7 Å². The first-order valence-electron chi connectivity index (χ1n) is 5.14. The van der Waals surface area contributed by atoms with Crippen LogP contribution < -0.4 is 16.4 Å². The maximum absolute atomic E-state index is 11.5. The van der Waals surface area contributed by atoms with Crippen molar-refractivity contribution in [2.75, 3.05) is 13.2 Å². The molecule has 0 rings (SSSR count). The van der Waals surface area contributed by atoms with Gasteiger partial charge in [0.25, 0.3) is 0 Å². The summed E-state index contributed by atoms with van der Waals surface area (Å²) in [6.45, 7) is -0.0277. The molecule has 0 aromatic carbocycles. The Hall–Kier alpha value is -1.71. The van der Waals surface area contributed by atoms with Gasteiger partial charge in [0, 0.05) is 0 Å². The van der Waals surface area contributed by atoms with Crippen molar-refractivity contribution < 1.29 is 29.7 Å². The number of rotatable bonds is 7. The third-order valence-electron chi connectivity index (χ3n) is 2.08. The summed E-state index contributed by atoms with van der Waals surface area (Å²) >= 11 is 0. The van der Waals surface area contributed by atoms with Crippen molar-refractivity contribution in [2.24, 2.45) is 5.73 Å². The van der Waals surface area contributed by atoms with E-state index in [4.69, 9.17) is 21.1 Å². The average Bonchev–Trinajstić information content (AvgIpc) is 2.33. The van der Waals surface area contributed by atoms with Gasteiger partial charge in [0.05, 0.1) is 13.2 Å². The number of carbonyl (C=O) groups excluding carboxylic acids is 2. The standard InChI is InChI=1S/C9H17N3O6/c1-4(11-8(16)5(10)2-13)7(15)12-6(3-14)9(17)18/h4-6,13-14H,2-3,10H2,1H3,(H,11,16)(H,12,15)(H,17,18). The minimum absolute atomic E-state index is 0.575.